The van der Waals surface area contributed by atoms with E-state index in [0.717, 1.165) is 37.3 Å². The zero-order valence-corrected chi connectivity index (χ0v) is 17.0. The van der Waals surface area contributed by atoms with E-state index < -0.39 is 0 Å². The second-order valence-corrected chi connectivity index (χ2v) is 6.10. The summed E-state index contributed by atoms with van der Waals surface area (Å²) in [6, 6.07) is 8.19. The molecular weight excluding hydrogens is 429 g/mol. The number of halogens is 1. The van der Waals surface area contributed by atoms with Crippen LogP contribution in [0.2, 0.25) is 0 Å². The SMILES string of the molecule is CCc1noc(-c2ccc(CCN=C(N)N3CCCCC3)cc2)n1.I. The van der Waals surface area contributed by atoms with Gasteiger partial charge in [0.25, 0.3) is 5.89 Å². The molecule has 0 radical (unpaired) electrons. The van der Waals surface area contributed by atoms with Crippen LogP contribution < -0.4 is 5.73 Å². The fourth-order valence-corrected chi connectivity index (χ4v) is 2.85. The number of nitrogens with zero attached hydrogens (tertiary/aromatic N) is 4. The van der Waals surface area contributed by atoms with Gasteiger partial charge in [-0.05, 0) is 43.4 Å². The third-order valence-electron chi connectivity index (χ3n) is 4.34. The Kier molecular flexibility index (Phi) is 7.67. The molecule has 0 spiro atoms. The van der Waals surface area contributed by atoms with Crippen molar-refractivity contribution in [2.24, 2.45) is 10.7 Å². The molecular formula is C18H26IN5O. The summed E-state index contributed by atoms with van der Waals surface area (Å²) in [5, 5.41) is 3.92. The summed E-state index contributed by atoms with van der Waals surface area (Å²) in [6.45, 7) is 4.79. The van der Waals surface area contributed by atoms with Gasteiger partial charge < -0.3 is 15.2 Å². The number of aromatic nitrogens is 2. The highest BCUT2D eigenvalue weighted by Crippen LogP contribution is 2.18. The average Bonchev–Trinajstić information content (AvgIpc) is 3.12. The van der Waals surface area contributed by atoms with Gasteiger partial charge in [-0.3, -0.25) is 4.99 Å². The van der Waals surface area contributed by atoms with E-state index in [1.165, 1.54) is 24.8 Å². The van der Waals surface area contributed by atoms with E-state index in [-0.39, 0.29) is 24.0 Å². The van der Waals surface area contributed by atoms with Crippen LogP contribution in [0, 0.1) is 0 Å². The minimum Gasteiger partial charge on any atom is -0.370 e. The third kappa shape index (κ3) is 5.42. The molecule has 1 saturated heterocycles. The maximum absolute atomic E-state index is 6.08. The molecule has 3 rings (SSSR count). The standard InChI is InChI=1S/C18H25N5O.HI/c1-2-16-21-17(24-22-16)15-8-6-14(7-9-15)10-11-20-18(19)23-12-4-3-5-13-23;/h6-9H,2-5,10-13H2,1H3,(H2,19,20);1H. The summed E-state index contributed by atoms with van der Waals surface area (Å²) >= 11 is 0. The van der Waals surface area contributed by atoms with Crippen molar-refractivity contribution in [2.75, 3.05) is 19.6 Å². The van der Waals surface area contributed by atoms with Gasteiger partial charge in [-0.2, -0.15) is 4.98 Å². The van der Waals surface area contributed by atoms with Crippen molar-refractivity contribution in [3.05, 3.63) is 35.7 Å². The minimum absolute atomic E-state index is 0. The zero-order valence-electron chi connectivity index (χ0n) is 14.6. The Balaban J connectivity index is 0.00000225. The predicted molar refractivity (Wildman–Crippen MR) is 110 cm³/mol. The van der Waals surface area contributed by atoms with Crippen molar-refractivity contribution in [1.82, 2.24) is 15.0 Å². The molecule has 0 bridgehead atoms. The molecule has 0 saturated carbocycles. The quantitative estimate of drug-likeness (QED) is 0.425. The molecule has 136 valence electrons. The summed E-state index contributed by atoms with van der Waals surface area (Å²) in [7, 11) is 0. The zero-order chi connectivity index (χ0) is 16.8. The summed E-state index contributed by atoms with van der Waals surface area (Å²) in [4.78, 5) is 11.0. The van der Waals surface area contributed by atoms with Crippen LogP contribution in [-0.4, -0.2) is 40.6 Å². The Labute approximate surface area is 165 Å². The Morgan fingerprint density at radius 1 is 1.20 bits per heavy atom. The van der Waals surface area contributed by atoms with Gasteiger partial charge in [-0.25, -0.2) is 0 Å². The van der Waals surface area contributed by atoms with Crippen LogP contribution in [0.25, 0.3) is 11.5 Å². The highest BCUT2D eigenvalue weighted by atomic mass is 127. The van der Waals surface area contributed by atoms with Crippen molar-refractivity contribution < 1.29 is 4.52 Å². The lowest BCUT2D eigenvalue weighted by Gasteiger charge is -2.27. The largest absolute Gasteiger partial charge is 0.370 e. The van der Waals surface area contributed by atoms with E-state index in [4.69, 9.17) is 10.3 Å². The number of hydrogen-bond acceptors (Lipinski definition) is 4. The Morgan fingerprint density at radius 3 is 2.56 bits per heavy atom. The highest BCUT2D eigenvalue weighted by Gasteiger charge is 2.11. The summed E-state index contributed by atoms with van der Waals surface area (Å²) < 4.78 is 5.26. The number of guanidine groups is 1. The third-order valence-corrected chi connectivity index (χ3v) is 4.34. The molecule has 0 unspecified atom stereocenters. The molecule has 0 amide bonds. The fourth-order valence-electron chi connectivity index (χ4n) is 2.85. The number of likely N-dealkylation sites (tertiary alicyclic amines) is 1. The smallest absolute Gasteiger partial charge is 0.257 e. The van der Waals surface area contributed by atoms with E-state index >= 15 is 0 Å². The lowest BCUT2D eigenvalue weighted by atomic mass is 10.1. The summed E-state index contributed by atoms with van der Waals surface area (Å²) in [5.41, 5.74) is 8.25. The average molecular weight is 455 g/mol. The second-order valence-electron chi connectivity index (χ2n) is 6.10. The number of hydrogen-bond donors (Lipinski definition) is 1. The van der Waals surface area contributed by atoms with Crippen LogP contribution in [0.1, 0.15) is 37.6 Å². The van der Waals surface area contributed by atoms with Gasteiger partial charge in [0.15, 0.2) is 11.8 Å². The first kappa shape index (κ1) is 19.7. The molecule has 1 aliphatic heterocycles. The van der Waals surface area contributed by atoms with E-state index in [9.17, 15) is 0 Å². The highest BCUT2D eigenvalue weighted by molar-refractivity contribution is 14.0. The van der Waals surface area contributed by atoms with Crippen LogP contribution in [-0.2, 0) is 12.8 Å². The summed E-state index contributed by atoms with van der Waals surface area (Å²) in [5.74, 6) is 1.99. The molecule has 1 fully saturated rings. The Hall–Kier alpha value is -1.64. The number of aryl methyl sites for hydroxylation is 1. The molecule has 2 aromatic rings. The van der Waals surface area contributed by atoms with E-state index in [2.05, 4.69) is 32.2 Å². The van der Waals surface area contributed by atoms with Gasteiger partial charge >= 0.3 is 0 Å². The maximum atomic E-state index is 6.08. The van der Waals surface area contributed by atoms with Gasteiger partial charge in [-0.1, -0.05) is 24.2 Å². The van der Waals surface area contributed by atoms with Gasteiger partial charge in [0.05, 0.1) is 0 Å². The van der Waals surface area contributed by atoms with Gasteiger partial charge in [0, 0.05) is 31.6 Å². The van der Waals surface area contributed by atoms with E-state index in [1.807, 2.05) is 19.1 Å². The van der Waals surface area contributed by atoms with Gasteiger partial charge in [0.2, 0.25) is 0 Å². The Morgan fingerprint density at radius 2 is 1.92 bits per heavy atom. The molecule has 0 aliphatic carbocycles. The molecule has 2 N–H and O–H groups in total. The van der Waals surface area contributed by atoms with E-state index in [0.29, 0.717) is 18.4 Å². The monoisotopic (exact) mass is 455 g/mol. The number of nitrogens with two attached hydrogens (primary N) is 1. The van der Waals surface area contributed by atoms with Crippen molar-refractivity contribution in [3.63, 3.8) is 0 Å². The second kappa shape index (κ2) is 9.74. The van der Waals surface area contributed by atoms with Crippen LogP contribution in [0.5, 0.6) is 0 Å². The topological polar surface area (TPSA) is 80.5 Å². The summed E-state index contributed by atoms with van der Waals surface area (Å²) in [6.07, 6.45) is 5.38. The molecule has 25 heavy (non-hydrogen) atoms. The Bertz CT molecular complexity index is 677. The van der Waals surface area contributed by atoms with Crippen LogP contribution in [0.4, 0.5) is 0 Å². The molecule has 2 heterocycles. The predicted octanol–water partition coefficient (Wildman–Crippen LogP) is 3.26. The van der Waals surface area contributed by atoms with Crippen molar-refractivity contribution in [2.45, 2.75) is 39.0 Å². The maximum Gasteiger partial charge on any atom is 0.257 e. The van der Waals surface area contributed by atoms with Crippen molar-refractivity contribution in [3.8, 4) is 11.5 Å². The van der Waals surface area contributed by atoms with Gasteiger partial charge in [0.1, 0.15) is 0 Å². The van der Waals surface area contributed by atoms with Crippen molar-refractivity contribution >= 4 is 29.9 Å². The lowest BCUT2D eigenvalue weighted by molar-refractivity contribution is 0.338. The fraction of sp³-hybridized carbons (Fsp3) is 0.500. The normalized spacial score (nSPS) is 15.1. The van der Waals surface area contributed by atoms with Crippen molar-refractivity contribution in [1.29, 1.82) is 0 Å². The number of aliphatic imine (C=N–C) groups is 1. The van der Waals surface area contributed by atoms with Crippen LogP contribution >= 0.6 is 24.0 Å². The molecule has 6 nitrogen and oxygen atoms in total. The molecule has 0 atom stereocenters. The molecule has 1 aliphatic rings. The first-order chi connectivity index (χ1) is 11.8. The van der Waals surface area contributed by atoms with Crippen LogP contribution in [0.15, 0.2) is 33.8 Å². The lowest BCUT2D eigenvalue weighted by Crippen LogP contribution is -2.41. The minimum atomic E-state index is 0. The number of benzene rings is 1. The molecule has 7 heteroatoms. The van der Waals surface area contributed by atoms with Gasteiger partial charge in [-0.15, -0.1) is 24.0 Å². The molecule has 1 aromatic carbocycles. The first-order valence-corrected chi connectivity index (χ1v) is 8.73. The number of piperidine rings is 1. The molecule has 1 aromatic heterocycles. The van der Waals surface area contributed by atoms with E-state index in [1.54, 1.807) is 0 Å². The number of rotatable bonds is 5. The van der Waals surface area contributed by atoms with Crippen LogP contribution in [0.3, 0.4) is 0 Å². The first-order valence-electron chi connectivity index (χ1n) is 8.73.